The summed E-state index contributed by atoms with van der Waals surface area (Å²) in [7, 11) is 0. The maximum atomic E-state index is 12.5. The normalized spacial score (nSPS) is 32.0. The predicted molar refractivity (Wildman–Crippen MR) is 89.3 cm³/mol. The van der Waals surface area contributed by atoms with Crippen molar-refractivity contribution in [1.29, 1.82) is 0 Å². The first-order valence-electron chi connectivity index (χ1n) is 8.58. The van der Waals surface area contributed by atoms with E-state index in [2.05, 4.69) is 5.32 Å². The lowest BCUT2D eigenvalue weighted by atomic mass is 9.99. The zero-order valence-electron chi connectivity index (χ0n) is 13.5. The number of nitrogens with zero attached hydrogens (tertiary/aromatic N) is 1. The van der Waals surface area contributed by atoms with E-state index in [-0.39, 0.29) is 48.3 Å². The van der Waals surface area contributed by atoms with Crippen molar-refractivity contribution in [2.75, 3.05) is 19.8 Å². The third-order valence-corrected chi connectivity index (χ3v) is 5.37. The number of nitrogens with one attached hydrogen (secondary N) is 1. The Balaban J connectivity index is 0.00000192. The van der Waals surface area contributed by atoms with Crippen molar-refractivity contribution in [1.82, 2.24) is 10.2 Å². The van der Waals surface area contributed by atoms with E-state index in [1.165, 1.54) is 0 Å². The number of hydrogen-bond acceptors (Lipinski definition) is 4. The van der Waals surface area contributed by atoms with E-state index in [4.69, 9.17) is 10.5 Å². The Morgan fingerprint density at radius 1 is 1.22 bits per heavy atom. The molecule has 0 spiro atoms. The highest BCUT2D eigenvalue weighted by atomic mass is 35.5. The van der Waals surface area contributed by atoms with Crippen molar-refractivity contribution in [3.63, 3.8) is 0 Å². The molecule has 23 heavy (non-hydrogen) atoms. The van der Waals surface area contributed by atoms with Crippen LogP contribution in [-0.4, -0.2) is 54.6 Å². The molecule has 1 unspecified atom stereocenters. The molecule has 0 aromatic rings. The van der Waals surface area contributed by atoms with Gasteiger partial charge in [0.05, 0.1) is 0 Å². The van der Waals surface area contributed by atoms with Crippen LogP contribution < -0.4 is 11.1 Å². The summed E-state index contributed by atoms with van der Waals surface area (Å²) in [5, 5.41) is 2.93. The number of likely N-dealkylation sites (tertiary alicyclic amines) is 1. The van der Waals surface area contributed by atoms with Gasteiger partial charge in [0.25, 0.3) is 0 Å². The molecule has 2 amide bonds. The molecule has 3 N–H and O–H groups in total. The highest BCUT2D eigenvalue weighted by Crippen LogP contribution is 2.27. The number of nitrogens with two attached hydrogens (primary N) is 1. The number of halogens is 1. The number of rotatable bonds is 4. The molecule has 3 atom stereocenters. The third-order valence-electron chi connectivity index (χ3n) is 5.37. The summed E-state index contributed by atoms with van der Waals surface area (Å²) in [5.74, 6) is 0.341. The van der Waals surface area contributed by atoms with Crippen LogP contribution in [0.15, 0.2) is 0 Å². The van der Waals surface area contributed by atoms with Gasteiger partial charge in [0.2, 0.25) is 11.8 Å². The summed E-state index contributed by atoms with van der Waals surface area (Å²) in [6, 6.07) is 0.0862. The van der Waals surface area contributed by atoms with E-state index in [0.717, 1.165) is 58.3 Å². The van der Waals surface area contributed by atoms with Gasteiger partial charge in [-0.1, -0.05) is 6.42 Å². The number of amides is 2. The van der Waals surface area contributed by atoms with Gasteiger partial charge in [-0.25, -0.2) is 0 Å². The lowest BCUT2D eigenvalue weighted by Gasteiger charge is -2.31. The Morgan fingerprint density at radius 3 is 2.61 bits per heavy atom. The largest absolute Gasteiger partial charge is 0.381 e. The molecule has 3 fully saturated rings. The number of carbonyl (C=O) groups is 2. The summed E-state index contributed by atoms with van der Waals surface area (Å²) in [6.07, 6.45) is 6.14. The van der Waals surface area contributed by atoms with Crippen LogP contribution in [0.5, 0.6) is 0 Å². The lowest BCUT2D eigenvalue weighted by Crippen LogP contribution is -2.46. The van der Waals surface area contributed by atoms with E-state index >= 15 is 0 Å². The van der Waals surface area contributed by atoms with E-state index < -0.39 is 0 Å². The van der Waals surface area contributed by atoms with Gasteiger partial charge >= 0.3 is 0 Å². The highest BCUT2D eigenvalue weighted by molar-refractivity contribution is 5.89. The van der Waals surface area contributed by atoms with E-state index in [1.807, 2.05) is 4.90 Å². The van der Waals surface area contributed by atoms with E-state index in [0.29, 0.717) is 6.42 Å². The van der Waals surface area contributed by atoms with Crippen molar-refractivity contribution < 1.29 is 14.3 Å². The second kappa shape index (κ2) is 8.31. The number of carbonyl (C=O) groups excluding carboxylic acids is 2. The predicted octanol–water partition coefficient (Wildman–Crippen LogP) is 0.822. The van der Waals surface area contributed by atoms with Gasteiger partial charge in [0, 0.05) is 38.3 Å². The molecule has 0 radical (unpaired) electrons. The van der Waals surface area contributed by atoms with Crippen LogP contribution in [0.4, 0.5) is 0 Å². The summed E-state index contributed by atoms with van der Waals surface area (Å²) >= 11 is 0. The minimum Gasteiger partial charge on any atom is -0.381 e. The second-order valence-electron chi connectivity index (χ2n) is 6.84. The Labute approximate surface area is 143 Å². The Hall–Kier alpha value is -0.850. The van der Waals surface area contributed by atoms with Crippen molar-refractivity contribution in [2.45, 2.75) is 63.1 Å². The Kier molecular flexibility index (Phi) is 6.68. The fourth-order valence-electron chi connectivity index (χ4n) is 4.01. The zero-order valence-corrected chi connectivity index (χ0v) is 14.4. The topological polar surface area (TPSA) is 84.7 Å². The van der Waals surface area contributed by atoms with Gasteiger partial charge < -0.3 is 20.7 Å². The summed E-state index contributed by atoms with van der Waals surface area (Å²) in [5.41, 5.74) is 6.02. The minimum absolute atomic E-state index is 0. The second-order valence-corrected chi connectivity index (χ2v) is 6.84. The molecule has 2 heterocycles. The quantitative estimate of drug-likeness (QED) is 0.790. The molecule has 2 saturated heterocycles. The van der Waals surface area contributed by atoms with Gasteiger partial charge in [-0.05, 0) is 38.0 Å². The molecule has 0 aromatic carbocycles. The van der Waals surface area contributed by atoms with Gasteiger partial charge in [-0.15, -0.1) is 12.4 Å². The van der Waals surface area contributed by atoms with Gasteiger partial charge in [-0.3, -0.25) is 9.59 Å². The van der Waals surface area contributed by atoms with Crippen molar-refractivity contribution >= 4 is 24.2 Å². The first-order chi connectivity index (χ1) is 10.6. The molecule has 2 aliphatic heterocycles. The van der Waals surface area contributed by atoms with Crippen LogP contribution in [-0.2, 0) is 14.3 Å². The van der Waals surface area contributed by atoms with Gasteiger partial charge in [-0.2, -0.15) is 0 Å². The zero-order chi connectivity index (χ0) is 15.5. The molecule has 7 heteroatoms. The fourth-order valence-corrected chi connectivity index (χ4v) is 4.01. The average Bonchev–Trinajstić information content (AvgIpc) is 3.07. The first-order valence-corrected chi connectivity index (χ1v) is 8.58. The first kappa shape index (κ1) is 18.5. The molecule has 0 aromatic heterocycles. The van der Waals surface area contributed by atoms with Gasteiger partial charge in [0.1, 0.15) is 6.04 Å². The SMILES string of the molecule is Cl.N[C@@H]1CCC[C@H]1CC(=O)NC1CCN(C2CCOCC2)C1=O. The van der Waals surface area contributed by atoms with E-state index in [1.54, 1.807) is 0 Å². The highest BCUT2D eigenvalue weighted by Gasteiger charge is 2.37. The summed E-state index contributed by atoms with van der Waals surface area (Å²) < 4.78 is 5.35. The fraction of sp³-hybridized carbons (Fsp3) is 0.875. The van der Waals surface area contributed by atoms with Gasteiger partial charge in [0.15, 0.2) is 0 Å². The molecule has 0 bridgehead atoms. The number of hydrogen-bond donors (Lipinski definition) is 2. The number of ether oxygens (including phenoxy) is 1. The molecule has 1 aliphatic carbocycles. The van der Waals surface area contributed by atoms with Crippen molar-refractivity contribution in [2.24, 2.45) is 11.7 Å². The van der Waals surface area contributed by atoms with Crippen LogP contribution in [0.3, 0.4) is 0 Å². The van der Waals surface area contributed by atoms with Crippen LogP contribution in [0, 0.1) is 5.92 Å². The standard InChI is InChI=1S/C16H27N3O3.ClH/c17-13-3-1-2-11(13)10-15(20)18-14-4-7-19(16(14)21)12-5-8-22-9-6-12;/h11-14H,1-10,17H2,(H,18,20);1H/t11-,13+,14?;/m0./s1. The molecular weight excluding hydrogens is 318 g/mol. The molecule has 3 rings (SSSR count). The van der Waals surface area contributed by atoms with Crippen LogP contribution in [0.25, 0.3) is 0 Å². The Morgan fingerprint density at radius 2 is 1.96 bits per heavy atom. The molecule has 3 aliphatic rings. The molecule has 6 nitrogen and oxygen atoms in total. The lowest BCUT2D eigenvalue weighted by molar-refractivity contribution is -0.135. The maximum Gasteiger partial charge on any atom is 0.245 e. The van der Waals surface area contributed by atoms with Crippen LogP contribution in [0.1, 0.15) is 44.9 Å². The molecule has 132 valence electrons. The van der Waals surface area contributed by atoms with Crippen molar-refractivity contribution in [3.8, 4) is 0 Å². The average molecular weight is 346 g/mol. The maximum absolute atomic E-state index is 12.5. The minimum atomic E-state index is -0.340. The summed E-state index contributed by atoms with van der Waals surface area (Å²) in [6.45, 7) is 2.20. The molecule has 1 saturated carbocycles. The smallest absolute Gasteiger partial charge is 0.245 e. The van der Waals surface area contributed by atoms with Crippen LogP contribution in [0.2, 0.25) is 0 Å². The van der Waals surface area contributed by atoms with Crippen molar-refractivity contribution in [3.05, 3.63) is 0 Å². The summed E-state index contributed by atoms with van der Waals surface area (Å²) in [4.78, 5) is 26.6. The monoisotopic (exact) mass is 345 g/mol. The molecular formula is C16H28ClN3O3. The third kappa shape index (κ3) is 4.37. The Bertz CT molecular complexity index is 429. The van der Waals surface area contributed by atoms with E-state index in [9.17, 15) is 9.59 Å². The van der Waals surface area contributed by atoms with Crippen LogP contribution >= 0.6 is 12.4 Å².